The second-order valence-electron chi connectivity index (χ2n) is 23.4. The maximum atomic E-state index is 14.1. The Labute approximate surface area is 495 Å². The monoisotopic (exact) mass is 1170 g/mol. The number of carbonyl (C=O) groups excluding carboxylic acids is 3. The maximum absolute atomic E-state index is 14.1. The van der Waals surface area contributed by atoms with E-state index in [1.807, 2.05) is 49.0 Å². The molecule has 10 rings (SSSR count). The topological polar surface area (TPSA) is 249 Å². The van der Waals surface area contributed by atoms with E-state index < -0.39 is 11.6 Å². The lowest BCUT2D eigenvalue weighted by Gasteiger charge is -2.43. The molecule has 3 atom stereocenters. The van der Waals surface area contributed by atoms with Crippen LogP contribution in [0, 0.1) is 18.3 Å². The number of hydrogen-bond donors (Lipinski definition) is 3. The van der Waals surface area contributed by atoms with E-state index in [0.717, 1.165) is 125 Å². The van der Waals surface area contributed by atoms with Crippen LogP contribution in [0.1, 0.15) is 135 Å². The number of benzene rings is 2. The van der Waals surface area contributed by atoms with Crippen molar-refractivity contribution in [3.8, 4) is 29.0 Å². The smallest absolute Gasteiger partial charge is 0.415 e. The molecule has 5 aliphatic rings. The third kappa shape index (κ3) is 13.2. The lowest BCUT2D eigenvalue weighted by Crippen LogP contribution is -2.58. The number of nitrogens with zero attached hydrogens (tertiary/aromatic N) is 10. The minimum atomic E-state index is -1.91. The predicted octanol–water partition coefficient (Wildman–Crippen LogP) is 7.64. The van der Waals surface area contributed by atoms with Gasteiger partial charge in [0.1, 0.15) is 24.2 Å². The van der Waals surface area contributed by atoms with Crippen molar-refractivity contribution in [1.82, 2.24) is 44.7 Å². The van der Waals surface area contributed by atoms with Crippen LogP contribution in [0.2, 0.25) is 5.02 Å². The van der Waals surface area contributed by atoms with E-state index in [0.29, 0.717) is 63.8 Å². The number of carboxylic acid groups (broad SMARTS) is 1. The van der Waals surface area contributed by atoms with E-state index in [9.17, 15) is 29.5 Å². The molecule has 0 spiro atoms. The quantitative estimate of drug-likeness (QED) is 0.0451. The van der Waals surface area contributed by atoms with Crippen molar-refractivity contribution in [2.75, 3.05) is 65.3 Å². The molecule has 22 heteroatoms. The molecule has 2 aromatic carbocycles. The number of halogens is 1. The molecule has 1 aliphatic carbocycles. The van der Waals surface area contributed by atoms with Gasteiger partial charge in [0.15, 0.2) is 17.1 Å². The van der Waals surface area contributed by atoms with E-state index in [4.69, 9.17) is 40.7 Å². The van der Waals surface area contributed by atoms with E-state index in [2.05, 4.69) is 57.2 Å². The highest BCUT2D eigenvalue weighted by molar-refractivity contribution is 6.32. The summed E-state index contributed by atoms with van der Waals surface area (Å²) in [4.78, 5) is 78.2. The zero-order chi connectivity index (χ0) is 60.0. The van der Waals surface area contributed by atoms with Gasteiger partial charge < -0.3 is 53.9 Å². The number of aliphatic hydroxyl groups is 1. The number of amides is 2. The highest BCUT2D eigenvalue weighted by Crippen LogP contribution is 2.41. The summed E-state index contributed by atoms with van der Waals surface area (Å²) in [5.41, 5.74) is 3.32. The fourth-order valence-electron chi connectivity index (χ4n) is 12.6. The van der Waals surface area contributed by atoms with Crippen molar-refractivity contribution in [3.05, 3.63) is 103 Å². The molecule has 3 aromatic heterocycles. The van der Waals surface area contributed by atoms with Gasteiger partial charge in [-0.1, -0.05) is 31.4 Å². The number of aromatic nitrogens is 4. The van der Waals surface area contributed by atoms with Crippen LogP contribution in [-0.4, -0.2) is 165 Å². The van der Waals surface area contributed by atoms with Gasteiger partial charge in [-0.25, -0.2) is 14.6 Å². The molecule has 0 unspecified atom stereocenters. The first-order valence-electron chi connectivity index (χ1n) is 29.4. The Morgan fingerprint density at radius 2 is 1.68 bits per heavy atom. The lowest BCUT2D eigenvalue weighted by molar-refractivity contribution is -0.172. The highest BCUT2D eigenvalue weighted by atomic mass is 35.5. The normalized spacial score (nSPS) is 21.4. The number of nitrogens with one attached hydrogen (secondary N) is 1. The Morgan fingerprint density at radius 1 is 0.952 bits per heavy atom. The predicted molar refractivity (Wildman–Crippen MR) is 317 cm³/mol. The number of unbranched alkanes of at least 4 members (excludes halogenated alkanes) is 3. The summed E-state index contributed by atoms with van der Waals surface area (Å²) in [7, 11) is 6.17. The Morgan fingerprint density at radius 3 is 2.37 bits per heavy atom. The van der Waals surface area contributed by atoms with Crippen molar-refractivity contribution in [2.45, 2.75) is 154 Å². The van der Waals surface area contributed by atoms with Crippen molar-refractivity contribution in [2.24, 2.45) is 0 Å². The molecule has 2 saturated heterocycles. The molecule has 5 aromatic rings. The van der Waals surface area contributed by atoms with Gasteiger partial charge in [-0.05, 0) is 161 Å². The van der Waals surface area contributed by atoms with Crippen LogP contribution in [0.15, 0.2) is 53.3 Å². The summed E-state index contributed by atoms with van der Waals surface area (Å²) in [6.45, 7) is 13.3. The van der Waals surface area contributed by atoms with Gasteiger partial charge in [-0.2, -0.15) is 5.26 Å². The summed E-state index contributed by atoms with van der Waals surface area (Å²) in [5.74, 6) is 0.986. The molecule has 3 fully saturated rings. The van der Waals surface area contributed by atoms with E-state index >= 15 is 0 Å². The Hall–Kier alpha value is -7.22. The zero-order valence-corrected chi connectivity index (χ0v) is 50.0. The Bertz CT molecular complexity index is 3340. The van der Waals surface area contributed by atoms with Gasteiger partial charge in [0.05, 0.1) is 45.7 Å². The summed E-state index contributed by atoms with van der Waals surface area (Å²) in [5, 5.41) is 40.7. The van der Waals surface area contributed by atoms with Crippen molar-refractivity contribution >= 4 is 52.8 Å². The van der Waals surface area contributed by atoms with Crippen molar-refractivity contribution < 1.29 is 43.6 Å². The van der Waals surface area contributed by atoms with Crippen LogP contribution in [0.3, 0.4) is 0 Å². The van der Waals surface area contributed by atoms with Gasteiger partial charge >= 0.3 is 12.1 Å². The number of rotatable bonds is 17. The van der Waals surface area contributed by atoms with Crippen LogP contribution in [0.5, 0.6) is 11.5 Å². The number of esters is 1. The van der Waals surface area contributed by atoms with E-state index in [-0.39, 0.29) is 79.0 Å². The first kappa shape index (κ1) is 61.3. The van der Waals surface area contributed by atoms with Crippen LogP contribution >= 0.6 is 11.6 Å². The number of carbonyl (C=O) groups is 4. The summed E-state index contributed by atoms with van der Waals surface area (Å²) >= 11 is 6.35. The second-order valence-corrected chi connectivity index (χ2v) is 23.8. The van der Waals surface area contributed by atoms with Crippen molar-refractivity contribution in [1.29, 1.82) is 5.26 Å². The molecule has 84 heavy (non-hydrogen) atoms. The molecule has 21 nitrogen and oxygen atoms in total. The number of fused-ring (bicyclic) bond motifs is 5. The van der Waals surface area contributed by atoms with Gasteiger partial charge in [-0.3, -0.25) is 19.3 Å². The SMILES string of the molecule is CC[C@@]1(O)C(=O)OCc2c1cc1n(c2=O)Cc2cc3c(CN(C)C)c(OC(=O)N4C[C@H](C)N(CCCCCCN(C)C5CCN(c6ccc(C(=O)NC7CCC(Oc8ccc(C#N)c(Cl)c8C)CC7)nn6)CC5)C[C@H]4C)ccc3nc2-1.O=CO. The first-order chi connectivity index (χ1) is 40.3. The maximum Gasteiger partial charge on any atom is 0.415 e. The average molecular weight is 1170 g/mol. The lowest BCUT2D eigenvalue weighted by atomic mass is 9.86. The van der Waals surface area contributed by atoms with Crippen LogP contribution in [-0.2, 0) is 39.6 Å². The first-order valence-corrected chi connectivity index (χ1v) is 29.8. The fourth-order valence-corrected chi connectivity index (χ4v) is 12.8. The van der Waals surface area contributed by atoms with Crippen LogP contribution < -0.4 is 25.2 Å². The van der Waals surface area contributed by atoms with Gasteiger partial charge in [-0.15, -0.1) is 10.2 Å². The molecule has 0 bridgehead atoms. The van der Waals surface area contributed by atoms with Crippen LogP contribution in [0.25, 0.3) is 22.3 Å². The number of nitriles is 1. The number of cyclic esters (lactones) is 1. The number of anilines is 1. The molecule has 2 amide bonds. The molecule has 1 saturated carbocycles. The minimum absolute atomic E-state index is 0.0159. The van der Waals surface area contributed by atoms with Gasteiger partial charge in [0, 0.05) is 84.5 Å². The molecule has 4 aliphatic heterocycles. The highest BCUT2D eigenvalue weighted by Gasteiger charge is 2.45. The summed E-state index contributed by atoms with van der Waals surface area (Å²) < 4.78 is 19.4. The molecule has 3 N–H and O–H groups in total. The number of hydrogen-bond acceptors (Lipinski definition) is 17. The summed E-state index contributed by atoms with van der Waals surface area (Å²) in [6.07, 6.45) is 9.49. The fraction of sp³-hybridized carbons (Fsp3) is 0.532. The molecular formula is C62H78ClN11O10. The van der Waals surface area contributed by atoms with Crippen LogP contribution in [0.4, 0.5) is 10.6 Å². The molecule has 7 heterocycles. The number of piperidine rings is 1. The molecular weight excluding hydrogens is 1090 g/mol. The molecule has 0 radical (unpaired) electrons. The largest absolute Gasteiger partial charge is 0.490 e. The number of piperazine rings is 1. The van der Waals surface area contributed by atoms with Gasteiger partial charge in [0.2, 0.25) is 0 Å². The van der Waals surface area contributed by atoms with Gasteiger partial charge in [0.25, 0.3) is 17.9 Å². The third-order valence-electron chi connectivity index (χ3n) is 17.5. The van der Waals surface area contributed by atoms with E-state index in [1.54, 1.807) is 41.8 Å². The Kier molecular flexibility index (Phi) is 19.6. The number of pyridine rings is 2. The van der Waals surface area contributed by atoms with Crippen molar-refractivity contribution in [3.63, 3.8) is 0 Å². The average Bonchev–Trinajstić information content (AvgIpc) is 2.14. The second kappa shape index (κ2) is 26.8. The molecule has 448 valence electrons. The number of ether oxygens (including phenoxy) is 3. The van der Waals surface area contributed by atoms with E-state index in [1.165, 1.54) is 0 Å². The summed E-state index contributed by atoms with van der Waals surface area (Å²) in [6, 6.07) is 17.3. The third-order valence-corrected chi connectivity index (χ3v) is 18.0. The minimum Gasteiger partial charge on any atom is -0.490 e. The standard InChI is InChI=1S/C61H76ClN11O8.CH2O2/c1-8-61(78)48-30-51-56-41(34-73(51)58(75)47(48)36-79-59(61)76)29-45-46(35-68(5)6)53(21-18-49(45)65-56)81-60(77)72-33-37(2)71(32-38(72)3)26-12-10-9-11-25-69(7)43-23-27-70(28-24-43)54-22-19-50(66-67-54)57(74)64-42-14-16-44(17-15-42)80-52-20-13-40(31-63)55(62)39(52)4;2-1-3/h13,18-22,29-30,37-38,42-44,78H,8-12,14-17,23-28,32-36H2,1-7H3,(H,64,74);1H,(H,2,3)/t37-,38+,42?,44?,61-;/m0./s1. The Balaban J connectivity index is 0.00000276. The zero-order valence-electron chi connectivity index (χ0n) is 49.2.